The van der Waals surface area contributed by atoms with Crippen LogP contribution in [0, 0.1) is 6.92 Å². The molecule has 0 aliphatic heterocycles. The lowest BCUT2D eigenvalue weighted by molar-refractivity contribution is 0.00621. The van der Waals surface area contributed by atoms with Crippen molar-refractivity contribution in [3.8, 4) is 11.4 Å². The Morgan fingerprint density at radius 1 is 1.26 bits per heavy atom. The summed E-state index contributed by atoms with van der Waals surface area (Å²) in [4.78, 5) is 0. The Labute approximate surface area is 167 Å². The molecule has 8 heteroatoms. The third-order valence-electron chi connectivity index (χ3n) is 4.22. The lowest BCUT2D eigenvalue weighted by Crippen LogP contribution is -2.19. The number of furan rings is 1. The number of aryl methyl sites for hydroxylation is 1. The number of aromatic nitrogens is 3. The second-order valence-electron chi connectivity index (χ2n) is 6.25. The van der Waals surface area contributed by atoms with Gasteiger partial charge in [-0.2, -0.15) is 0 Å². The van der Waals surface area contributed by atoms with Crippen molar-refractivity contribution < 1.29 is 14.3 Å². The van der Waals surface area contributed by atoms with Crippen LogP contribution in [0.3, 0.4) is 0 Å². The number of thioether (sulfide) groups is 1. The van der Waals surface area contributed by atoms with Gasteiger partial charge in [-0.1, -0.05) is 35.5 Å². The molecule has 0 radical (unpaired) electrons. The van der Waals surface area contributed by atoms with Gasteiger partial charge in [0.1, 0.15) is 5.76 Å². The predicted molar refractivity (Wildman–Crippen MR) is 106 cm³/mol. The maximum Gasteiger partial charge on any atom is 0.191 e. The van der Waals surface area contributed by atoms with Crippen molar-refractivity contribution in [3.63, 3.8) is 0 Å². The van der Waals surface area contributed by atoms with Gasteiger partial charge >= 0.3 is 0 Å². The molecule has 0 saturated heterocycles. The molecule has 0 spiro atoms. The van der Waals surface area contributed by atoms with Crippen LogP contribution >= 0.6 is 23.4 Å². The molecule has 0 amide bonds. The van der Waals surface area contributed by atoms with Crippen LogP contribution in [0.15, 0.2) is 46.2 Å². The molecule has 2 heterocycles. The number of aliphatic hydroxyl groups excluding tert-OH is 1. The summed E-state index contributed by atoms with van der Waals surface area (Å²) in [5.41, 5.74) is 1.94. The van der Waals surface area contributed by atoms with Gasteiger partial charge in [0, 0.05) is 17.8 Å². The number of halogens is 1. The van der Waals surface area contributed by atoms with Gasteiger partial charge in [-0.15, -0.1) is 10.2 Å². The van der Waals surface area contributed by atoms with E-state index in [1.54, 1.807) is 6.26 Å². The fourth-order valence-electron chi connectivity index (χ4n) is 2.60. The third-order valence-corrected chi connectivity index (χ3v) is 5.63. The van der Waals surface area contributed by atoms with Crippen molar-refractivity contribution in [1.82, 2.24) is 14.8 Å². The fraction of sp³-hybridized carbons (Fsp3) is 0.368. The quantitative estimate of drug-likeness (QED) is 0.562. The van der Waals surface area contributed by atoms with Gasteiger partial charge in [-0.3, -0.25) is 0 Å². The van der Waals surface area contributed by atoms with Crippen molar-refractivity contribution in [2.75, 3.05) is 12.4 Å². The first-order chi connectivity index (χ1) is 13.0. The molecular weight excluding hydrogens is 386 g/mol. The molecule has 1 aromatic carbocycles. The van der Waals surface area contributed by atoms with Gasteiger partial charge in [0.25, 0.3) is 0 Å². The SMILES string of the molecule is Cc1occc1-c1nnc(SC[C@H](O)CO[C@H](C)c2ccc(Cl)cc2)n1C. The van der Waals surface area contributed by atoms with Crippen LogP contribution in [-0.2, 0) is 11.8 Å². The molecule has 144 valence electrons. The minimum absolute atomic E-state index is 0.118. The molecule has 0 unspecified atom stereocenters. The van der Waals surface area contributed by atoms with Crippen LogP contribution in [0.5, 0.6) is 0 Å². The lowest BCUT2D eigenvalue weighted by atomic mass is 10.1. The molecule has 0 aliphatic carbocycles. The van der Waals surface area contributed by atoms with Crippen LogP contribution in [0.25, 0.3) is 11.4 Å². The molecule has 27 heavy (non-hydrogen) atoms. The number of rotatable bonds is 8. The van der Waals surface area contributed by atoms with E-state index in [-0.39, 0.29) is 12.7 Å². The molecule has 2 atom stereocenters. The van der Waals surface area contributed by atoms with Crippen molar-refractivity contribution in [2.24, 2.45) is 7.05 Å². The topological polar surface area (TPSA) is 73.3 Å². The van der Waals surface area contributed by atoms with E-state index in [9.17, 15) is 5.11 Å². The van der Waals surface area contributed by atoms with E-state index in [0.717, 1.165) is 27.9 Å². The Morgan fingerprint density at radius 3 is 2.67 bits per heavy atom. The zero-order valence-corrected chi connectivity index (χ0v) is 17.0. The van der Waals surface area contributed by atoms with Crippen LogP contribution < -0.4 is 0 Å². The molecule has 3 rings (SSSR count). The van der Waals surface area contributed by atoms with E-state index in [1.165, 1.54) is 11.8 Å². The largest absolute Gasteiger partial charge is 0.469 e. The summed E-state index contributed by atoms with van der Waals surface area (Å²) in [5, 5.41) is 20.1. The molecule has 0 fully saturated rings. The summed E-state index contributed by atoms with van der Waals surface area (Å²) >= 11 is 7.34. The van der Waals surface area contributed by atoms with Gasteiger partial charge in [0.15, 0.2) is 11.0 Å². The highest BCUT2D eigenvalue weighted by molar-refractivity contribution is 7.99. The monoisotopic (exact) mass is 407 g/mol. The molecule has 3 aromatic rings. The molecule has 2 aromatic heterocycles. The Balaban J connectivity index is 1.51. The van der Waals surface area contributed by atoms with Gasteiger partial charge in [-0.25, -0.2) is 0 Å². The predicted octanol–water partition coefficient (Wildman–Crippen LogP) is 4.27. The maximum absolute atomic E-state index is 10.2. The first-order valence-electron chi connectivity index (χ1n) is 8.57. The first-order valence-corrected chi connectivity index (χ1v) is 9.94. The number of nitrogens with zero attached hydrogens (tertiary/aromatic N) is 3. The summed E-state index contributed by atoms with van der Waals surface area (Å²) in [6.45, 7) is 4.08. The number of hydrogen-bond donors (Lipinski definition) is 1. The van der Waals surface area contributed by atoms with Crippen LogP contribution in [-0.4, -0.2) is 38.3 Å². The Kier molecular flexibility index (Phi) is 6.59. The van der Waals surface area contributed by atoms with E-state index >= 15 is 0 Å². The summed E-state index contributed by atoms with van der Waals surface area (Å²) in [6, 6.07) is 9.38. The van der Waals surface area contributed by atoms with Crippen molar-refractivity contribution in [2.45, 2.75) is 31.2 Å². The highest BCUT2D eigenvalue weighted by Crippen LogP contribution is 2.26. The summed E-state index contributed by atoms with van der Waals surface area (Å²) in [6.07, 6.45) is 0.905. The van der Waals surface area contributed by atoms with Gasteiger partial charge in [0.05, 0.1) is 30.6 Å². The van der Waals surface area contributed by atoms with E-state index in [4.69, 9.17) is 20.8 Å². The highest BCUT2D eigenvalue weighted by atomic mass is 35.5. The summed E-state index contributed by atoms with van der Waals surface area (Å²) in [7, 11) is 1.90. The minimum atomic E-state index is -0.611. The van der Waals surface area contributed by atoms with E-state index in [0.29, 0.717) is 10.8 Å². The minimum Gasteiger partial charge on any atom is -0.469 e. The molecule has 6 nitrogen and oxygen atoms in total. The lowest BCUT2D eigenvalue weighted by Gasteiger charge is -2.16. The van der Waals surface area contributed by atoms with Crippen molar-refractivity contribution in [3.05, 3.63) is 52.9 Å². The molecule has 0 aliphatic rings. The Hall–Kier alpha value is -1.80. The van der Waals surface area contributed by atoms with Crippen molar-refractivity contribution in [1.29, 1.82) is 0 Å². The maximum atomic E-state index is 10.2. The Morgan fingerprint density at radius 2 is 2.00 bits per heavy atom. The van der Waals surface area contributed by atoms with Gasteiger partial charge < -0.3 is 18.8 Å². The fourth-order valence-corrected chi connectivity index (χ4v) is 3.54. The molecule has 0 bridgehead atoms. The number of ether oxygens (including phenoxy) is 1. The molecule has 0 saturated carbocycles. The number of aliphatic hydroxyl groups is 1. The smallest absolute Gasteiger partial charge is 0.191 e. The van der Waals surface area contributed by atoms with Crippen molar-refractivity contribution >= 4 is 23.4 Å². The van der Waals surface area contributed by atoms with Crippen LogP contribution in [0.2, 0.25) is 5.02 Å². The normalized spacial score (nSPS) is 13.7. The standard InChI is InChI=1S/C19H22ClN3O3S/c1-12(14-4-6-15(20)7-5-14)26-10-16(24)11-27-19-22-21-18(23(19)3)17-8-9-25-13(17)2/h4-9,12,16,24H,10-11H2,1-3H3/t12-,16-/m1/s1. The Bertz CT molecular complexity index is 879. The van der Waals surface area contributed by atoms with Crippen LogP contribution in [0.4, 0.5) is 0 Å². The third kappa shape index (κ3) is 4.93. The van der Waals surface area contributed by atoms with E-state index < -0.39 is 6.10 Å². The first kappa shape index (κ1) is 19.9. The average Bonchev–Trinajstić information content (AvgIpc) is 3.23. The van der Waals surface area contributed by atoms with Gasteiger partial charge in [0.2, 0.25) is 0 Å². The summed E-state index contributed by atoms with van der Waals surface area (Å²) < 4.78 is 13.0. The second kappa shape index (κ2) is 8.93. The highest BCUT2D eigenvalue weighted by Gasteiger charge is 2.16. The zero-order chi connectivity index (χ0) is 19.4. The van der Waals surface area contributed by atoms with E-state index in [1.807, 2.05) is 55.8 Å². The van der Waals surface area contributed by atoms with Crippen LogP contribution in [0.1, 0.15) is 24.4 Å². The molecule has 1 N–H and O–H groups in total. The summed E-state index contributed by atoms with van der Waals surface area (Å²) in [5.74, 6) is 2.00. The molecular formula is C19H22ClN3O3S. The number of hydrogen-bond acceptors (Lipinski definition) is 6. The second-order valence-corrected chi connectivity index (χ2v) is 7.67. The number of benzene rings is 1. The van der Waals surface area contributed by atoms with E-state index in [2.05, 4.69) is 10.2 Å². The zero-order valence-electron chi connectivity index (χ0n) is 15.4. The van der Waals surface area contributed by atoms with Gasteiger partial charge in [-0.05, 0) is 37.6 Å². The average molecular weight is 408 g/mol.